The number of hydrogen-bond acceptors (Lipinski definition) is 8. The van der Waals surface area contributed by atoms with E-state index in [1.807, 2.05) is 6.92 Å². The van der Waals surface area contributed by atoms with E-state index in [0.717, 1.165) is 12.0 Å². The lowest BCUT2D eigenvalue weighted by Gasteiger charge is -2.09. The van der Waals surface area contributed by atoms with Crippen molar-refractivity contribution in [3.63, 3.8) is 0 Å². The molecule has 0 fully saturated rings. The number of nitrogens with two attached hydrogens (primary N) is 1. The maximum atomic E-state index is 12.3. The van der Waals surface area contributed by atoms with Gasteiger partial charge in [-0.2, -0.15) is 0 Å². The first-order valence-electron chi connectivity index (χ1n) is 9.03. The van der Waals surface area contributed by atoms with Gasteiger partial charge in [0.2, 0.25) is 5.89 Å². The lowest BCUT2D eigenvalue weighted by molar-refractivity contribution is 0.497. The van der Waals surface area contributed by atoms with Crippen molar-refractivity contribution < 1.29 is 15.7 Å². The van der Waals surface area contributed by atoms with Crippen molar-refractivity contribution in [1.29, 1.82) is 0 Å². The van der Waals surface area contributed by atoms with Crippen LogP contribution in [0.5, 0.6) is 0 Å². The van der Waals surface area contributed by atoms with Gasteiger partial charge in [-0.1, -0.05) is 12.1 Å². The molecular formula is C19H27N5O3S. The molecule has 8 nitrogen and oxygen atoms in total. The molecular weight excluding hydrogens is 378 g/mol. The number of nitrogens with zero attached hydrogens (tertiary/aromatic N) is 4. The largest absolute Gasteiger partial charge is 0.419 e. The molecule has 0 aliphatic rings. The van der Waals surface area contributed by atoms with E-state index in [1.54, 1.807) is 44.3 Å². The lowest BCUT2D eigenvalue weighted by atomic mass is 10.1. The van der Waals surface area contributed by atoms with Crippen LogP contribution in [-0.2, 0) is 16.3 Å². The number of sulfone groups is 1. The Kier molecular flexibility index (Phi) is 5.85. The molecule has 3 rings (SSSR count). The van der Waals surface area contributed by atoms with Crippen LogP contribution in [0.1, 0.15) is 34.7 Å². The van der Waals surface area contributed by atoms with Crippen molar-refractivity contribution >= 4 is 9.84 Å². The summed E-state index contributed by atoms with van der Waals surface area (Å²) in [5.41, 5.74) is 8.02. The number of hydrogen-bond donors (Lipinski definition) is 1. The van der Waals surface area contributed by atoms with Crippen LogP contribution in [-0.4, -0.2) is 40.4 Å². The van der Waals surface area contributed by atoms with E-state index >= 15 is 0 Å². The summed E-state index contributed by atoms with van der Waals surface area (Å²) in [4.78, 5) is 9.26. The third-order valence-corrected chi connectivity index (χ3v) is 6.49. The topological polar surface area (TPSA) is 125 Å². The molecule has 0 saturated heterocycles. The van der Waals surface area contributed by atoms with Crippen LogP contribution in [0.4, 0.5) is 0 Å². The minimum absolute atomic E-state index is 0. The molecule has 0 amide bonds. The molecule has 0 aliphatic heterocycles. The summed E-state index contributed by atoms with van der Waals surface area (Å²) in [5.74, 6) is 0.813. The summed E-state index contributed by atoms with van der Waals surface area (Å²) in [6, 6.07) is 6.62. The van der Waals surface area contributed by atoms with Crippen molar-refractivity contribution in [2.45, 2.75) is 43.8 Å². The zero-order valence-electron chi connectivity index (χ0n) is 16.1. The molecule has 0 radical (unpaired) electrons. The maximum Gasteiger partial charge on any atom is 0.268 e. The van der Waals surface area contributed by atoms with Gasteiger partial charge < -0.3 is 10.2 Å². The normalized spacial score (nSPS) is 11.9. The van der Waals surface area contributed by atoms with E-state index < -0.39 is 15.1 Å². The van der Waals surface area contributed by atoms with E-state index in [1.165, 1.54) is 0 Å². The third kappa shape index (κ3) is 4.10. The maximum absolute atomic E-state index is 12.3. The van der Waals surface area contributed by atoms with Crippen LogP contribution in [0.2, 0.25) is 0 Å². The van der Waals surface area contributed by atoms with E-state index in [2.05, 4.69) is 20.2 Å². The van der Waals surface area contributed by atoms with Gasteiger partial charge in [0.1, 0.15) is 5.69 Å². The Balaban J connectivity index is 0.00000225. The van der Waals surface area contributed by atoms with Crippen molar-refractivity contribution in [3.8, 4) is 22.8 Å². The molecule has 0 unspecified atom stereocenters. The standard InChI is InChI=1S/C19H23N5O3S.2H2/c1-12(2)28(25,26)15-8-6-14(7-9-15)16-11-21-13(3)18(22-16)19-24-23-17(27-19)5-4-10-20;;/h6-9,11-12H,4-5,10,20H2,1-3H3;2*1H. The Morgan fingerprint density at radius 2 is 1.89 bits per heavy atom. The van der Waals surface area contributed by atoms with Crippen LogP contribution in [0.25, 0.3) is 22.8 Å². The van der Waals surface area contributed by atoms with Gasteiger partial charge >= 0.3 is 0 Å². The number of rotatable bonds is 7. The second-order valence-electron chi connectivity index (χ2n) is 6.70. The highest BCUT2D eigenvalue weighted by atomic mass is 32.2. The van der Waals surface area contributed by atoms with Gasteiger partial charge in [0.25, 0.3) is 5.89 Å². The van der Waals surface area contributed by atoms with E-state index in [9.17, 15) is 8.42 Å². The van der Waals surface area contributed by atoms with Crippen LogP contribution >= 0.6 is 0 Å². The van der Waals surface area contributed by atoms with Crippen LogP contribution in [0.3, 0.4) is 0 Å². The molecule has 0 aliphatic carbocycles. The smallest absolute Gasteiger partial charge is 0.268 e. The van der Waals surface area contributed by atoms with E-state index in [4.69, 9.17) is 10.2 Å². The molecule has 0 atom stereocenters. The highest BCUT2D eigenvalue weighted by molar-refractivity contribution is 7.92. The minimum atomic E-state index is -3.32. The van der Waals surface area contributed by atoms with Crippen molar-refractivity contribution in [2.24, 2.45) is 5.73 Å². The number of aryl methyl sites for hydroxylation is 2. The van der Waals surface area contributed by atoms with E-state index in [0.29, 0.717) is 41.8 Å². The highest BCUT2D eigenvalue weighted by Crippen LogP contribution is 2.25. The predicted molar refractivity (Wildman–Crippen MR) is 109 cm³/mol. The third-order valence-electron chi connectivity index (χ3n) is 4.32. The van der Waals surface area contributed by atoms with E-state index in [-0.39, 0.29) is 7.75 Å². The summed E-state index contributed by atoms with van der Waals surface area (Å²) >= 11 is 0. The van der Waals surface area contributed by atoms with Gasteiger partial charge in [-0.3, -0.25) is 4.98 Å². The zero-order valence-corrected chi connectivity index (χ0v) is 16.9. The molecule has 2 heterocycles. The van der Waals surface area contributed by atoms with Crippen LogP contribution in [0.15, 0.2) is 39.8 Å². The lowest BCUT2D eigenvalue weighted by Crippen LogP contribution is -2.13. The van der Waals surface area contributed by atoms with Gasteiger partial charge in [-0.05, 0) is 45.9 Å². The van der Waals surface area contributed by atoms with Crippen molar-refractivity contribution in [3.05, 3.63) is 42.0 Å². The van der Waals surface area contributed by atoms with Crippen LogP contribution < -0.4 is 5.73 Å². The molecule has 2 aromatic heterocycles. The van der Waals surface area contributed by atoms with Gasteiger partial charge in [0.15, 0.2) is 9.84 Å². The summed E-state index contributed by atoms with van der Waals surface area (Å²) in [5, 5.41) is 7.61. The summed E-state index contributed by atoms with van der Waals surface area (Å²) in [7, 11) is -3.32. The second-order valence-corrected chi connectivity index (χ2v) is 9.20. The summed E-state index contributed by atoms with van der Waals surface area (Å²) in [6.45, 7) is 5.68. The highest BCUT2D eigenvalue weighted by Gasteiger charge is 2.19. The molecule has 0 saturated carbocycles. The molecule has 0 bridgehead atoms. The number of aromatic nitrogens is 4. The second kappa shape index (κ2) is 8.15. The molecule has 3 aromatic rings. The fourth-order valence-electron chi connectivity index (χ4n) is 2.58. The fourth-order valence-corrected chi connectivity index (χ4v) is 3.64. The molecule has 1 aromatic carbocycles. The first kappa shape index (κ1) is 20.1. The Hall–Kier alpha value is -2.65. The zero-order chi connectivity index (χ0) is 20.3. The Morgan fingerprint density at radius 3 is 2.54 bits per heavy atom. The van der Waals surface area contributed by atoms with Gasteiger partial charge in [-0.15, -0.1) is 10.2 Å². The van der Waals surface area contributed by atoms with Crippen molar-refractivity contribution in [2.75, 3.05) is 6.54 Å². The fraction of sp³-hybridized carbons (Fsp3) is 0.368. The Bertz CT molecular complexity index is 1070. The predicted octanol–water partition coefficient (Wildman–Crippen LogP) is 3.07. The molecule has 28 heavy (non-hydrogen) atoms. The molecule has 2 N–H and O–H groups in total. The van der Waals surface area contributed by atoms with Gasteiger partial charge in [0.05, 0.1) is 27.7 Å². The molecule has 152 valence electrons. The van der Waals surface area contributed by atoms with Crippen LogP contribution in [0, 0.1) is 6.92 Å². The van der Waals surface area contributed by atoms with Crippen molar-refractivity contribution in [1.82, 2.24) is 20.2 Å². The quantitative estimate of drug-likeness (QED) is 0.636. The Morgan fingerprint density at radius 1 is 1.18 bits per heavy atom. The monoisotopic (exact) mass is 405 g/mol. The summed E-state index contributed by atoms with van der Waals surface area (Å²) in [6.07, 6.45) is 3.01. The first-order valence-corrected chi connectivity index (χ1v) is 10.6. The molecule has 0 spiro atoms. The average molecular weight is 406 g/mol. The number of benzene rings is 1. The SMILES string of the molecule is Cc1ncc(-c2ccc(S(=O)(=O)C(C)C)cc2)nc1-c1nnc(CCCN)o1.[HH].[HH]. The first-order chi connectivity index (χ1) is 13.3. The van der Waals surface area contributed by atoms with Gasteiger partial charge in [-0.25, -0.2) is 13.4 Å². The average Bonchev–Trinajstić information content (AvgIpc) is 3.15. The molecule has 9 heteroatoms. The summed E-state index contributed by atoms with van der Waals surface area (Å²) < 4.78 is 30.2. The minimum Gasteiger partial charge on any atom is -0.419 e. The Labute approximate surface area is 167 Å². The van der Waals surface area contributed by atoms with Gasteiger partial charge in [0, 0.05) is 14.8 Å².